The molecule has 0 aliphatic rings. The van der Waals surface area contributed by atoms with Gasteiger partial charge in [-0.1, -0.05) is 12.1 Å². The lowest BCUT2D eigenvalue weighted by Gasteiger charge is -2.19. The Morgan fingerprint density at radius 3 is 2.64 bits per heavy atom. The lowest BCUT2D eigenvalue weighted by Crippen LogP contribution is -2.41. The highest BCUT2D eigenvalue weighted by Gasteiger charge is 2.10. The lowest BCUT2D eigenvalue weighted by molar-refractivity contribution is 0.213. The van der Waals surface area contributed by atoms with Gasteiger partial charge in [0.25, 0.3) is 0 Å². The maximum atomic E-state index is 13.9. The lowest BCUT2D eigenvalue weighted by atomic mass is 10.1. The minimum Gasteiger partial charge on any atom is -0.493 e. The number of hydrogen-bond acceptors (Lipinski definition) is 4. The van der Waals surface area contributed by atoms with Gasteiger partial charge in [0, 0.05) is 12.1 Å². The van der Waals surface area contributed by atoms with Gasteiger partial charge in [-0.25, -0.2) is 9.38 Å². The van der Waals surface area contributed by atoms with Gasteiger partial charge < -0.3 is 20.1 Å². The molecule has 28 heavy (non-hydrogen) atoms. The average molecular weight is 384 g/mol. The summed E-state index contributed by atoms with van der Waals surface area (Å²) in [6, 6.07) is 13.7. The molecule has 0 spiro atoms. The predicted molar refractivity (Wildman–Crippen MR) is 107 cm³/mol. The van der Waals surface area contributed by atoms with E-state index in [1.807, 2.05) is 44.2 Å². The Bertz CT molecular complexity index is 849. The summed E-state index contributed by atoms with van der Waals surface area (Å²) in [6.45, 7) is 5.15. The van der Waals surface area contributed by atoms with Gasteiger partial charge in [0.05, 0.1) is 31.8 Å². The number of hydrogen-bond donors (Lipinski definition) is 2. The van der Waals surface area contributed by atoms with Crippen LogP contribution in [0.5, 0.6) is 11.5 Å². The highest BCUT2D eigenvalue weighted by atomic mass is 19.1. The molecule has 0 fully saturated rings. The van der Waals surface area contributed by atoms with Crippen molar-refractivity contribution in [2.45, 2.75) is 26.5 Å². The first-order valence-electron chi connectivity index (χ1n) is 9.07. The normalized spacial score (nSPS) is 12.0. The number of rotatable bonds is 8. The van der Waals surface area contributed by atoms with Crippen molar-refractivity contribution in [2.24, 2.45) is 4.99 Å². The molecular weight excluding hydrogens is 359 g/mol. The standard InChI is InChI=1S/C21H25FN4O2/c1-4-24-21(26-14-17-11-16(12-23)9-10-18(17)22)25-13-15(2)28-20-8-6-5-7-19(20)27-3/h5-11,15H,4,13-14H2,1-3H3,(H2,24,25,26). The van der Waals surface area contributed by atoms with E-state index in [1.54, 1.807) is 7.11 Å². The molecule has 0 saturated heterocycles. The van der Waals surface area contributed by atoms with Crippen molar-refractivity contribution in [3.05, 3.63) is 59.4 Å². The van der Waals surface area contributed by atoms with Crippen LogP contribution in [0, 0.1) is 17.1 Å². The molecule has 0 heterocycles. The number of benzene rings is 2. The van der Waals surface area contributed by atoms with Crippen molar-refractivity contribution >= 4 is 5.96 Å². The fourth-order valence-corrected chi connectivity index (χ4v) is 2.49. The number of guanidine groups is 1. The summed E-state index contributed by atoms with van der Waals surface area (Å²) in [7, 11) is 1.60. The number of nitriles is 1. The maximum absolute atomic E-state index is 13.9. The van der Waals surface area contributed by atoms with Crippen LogP contribution in [-0.4, -0.2) is 32.3 Å². The summed E-state index contributed by atoms with van der Waals surface area (Å²) in [6.07, 6.45) is -0.154. The SMILES string of the molecule is CCNC(=NCc1cc(C#N)ccc1F)NCC(C)Oc1ccccc1OC. The molecule has 0 radical (unpaired) electrons. The number of methoxy groups -OCH3 is 1. The molecule has 6 nitrogen and oxygen atoms in total. The zero-order valence-electron chi connectivity index (χ0n) is 16.3. The smallest absolute Gasteiger partial charge is 0.191 e. The van der Waals surface area contributed by atoms with Gasteiger partial charge >= 0.3 is 0 Å². The first-order chi connectivity index (χ1) is 13.6. The second kappa shape index (κ2) is 10.8. The van der Waals surface area contributed by atoms with Crippen LogP contribution in [0.15, 0.2) is 47.5 Å². The molecule has 7 heteroatoms. The number of halogens is 1. The second-order valence-corrected chi connectivity index (χ2v) is 6.07. The molecule has 1 unspecified atom stereocenters. The van der Waals surface area contributed by atoms with E-state index in [9.17, 15) is 4.39 Å². The molecular formula is C21H25FN4O2. The quantitative estimate of drug-likeness (QED) is 0.540. The van der Waals surface area contributed by atoms with Gasteiger partial charge in [0.2, 0.25) is 0 Å². The van der Waals surface area contributed by atoms with E-state index in [2.05, 4.69) is 15.6 Å². The Hall–Kier alpha value is -3.27. The van der Waals surface area contributed by atoms with Crippen LogP contribution in [0.3, 0.4) is 0 Å². The van der Waals surface area contributed by atoms with E-state index >= 15 is 0 Å². The molecule has 2 N–H and O–H groups in total. The van der Waals surface area contributed by atoms with Crippen molar-refractivity contribution in [3.8, 4) is 17.6 Å². The fourth-order valence-electron chi connectivity index (χ4n) is 2.49. The summed E-state index contributed by atoms with van der Waals surface area (Å²) in [4.78, 5) is 4.40. The first-order valence-corrected chi connectivity index (χ1v) is 9.07. The number of aliphatic imine (C=N–C) groups is 1. The Morgan fingerprint density at radius 1 is 1.21 bits per heavy atom. The van der Waals surface area contributed by atoms with Crippen molar-refractivity contribution in [1.82, 2.24) is 10.6 Å². The van der Waals surface area contributed by atoms with E-state index < -0.39 is 0 Å². The number of para-hydroxylation sites is 2. The summed E-state index contributed by atoms with van der Waals surface area (Å²) in [5.74, 6) is 1.49. The van der Waals surface area contributed by atoms with Crippen LogP contribution in [0.25, 0.3) is 0 Å². The molecule has 0 bridgehead atoms. The van der Waals surface area contributed by atoms with Crippen LogP contribution in [0.4, 0.5) is 4.39 Å². The zero-order valence-corrected chi connectivity index (χ0v) is 16.3. The number of nitrogens with one attached hydrogen (secondary N) is 2. The minimum atomic E-state index is -0.383. The van der Waals surface area contributed by atoms with E-state index in [0.29, 0.717) is 41.7 Å². The first kappa shape index (κ1) is 21.0. The Labute approximate surface area is 165 Å². The predicted octanol–water partition coefficient (Wildman–Crippen LogP) is 3.23. The molecule has 0 aliphatic heterocycles. The summed E-state index contributed by atoms with van der Waals surface area (Å²) >= 11 is 0. The van der Waals surface area contributed by atoms with Crippen LogP contribution >= 0.6 is 0 Å². The van der Waals surface area contributed by atoms with Crippen LogP contribution < -0.4 is 20.1 Å². The van der Waals surface area contributed by atoms with Crippen molar-refractivity contribution in [1.29, 1.82) is 5.26 Å². The van der Waals surface area contributed by atoms with Gasteiger partial charge in [0.15, 0.2) is 17.5 Å². The molecule has 0 saturated carbocycles. The average Bonchev–Trinajstić information content (AvgIpc) is 2.71. The largest absolute Gasteiger partial charge is 0.493 e. The van der Waals surface area contributed by atoms with E-state index in [0.717, 1.165) is 0 Å². The van der Waals surface area contributed by atoms with E-state index in [-0.39, 0.29) is 18.5 Å². The molecule has 2 rings (SSSR count). The highest BCUT2D eigenvalue weighted by molar-refractivity contribution is 5.79. The van der Waals surface area contributed by atoms with Crippen molar-refractivity contribution in [3.63, 3.8) is 0 Å². The molecule has 148 valence electrons. The zero-order chi connectivity index (χ0) is 20.4. The number of nitrogens with zero attached hydrogens (tertiary/aromatic N) is 2. The highest BCUT2D eigenvalue weighted by Crippen LogP contribution is 2.26. The minimum absolute atomic E-state index is 0.123. The van der Waals surface area contributed by atoms with E-state index in [1.165, 1.54) is 18.2 Å². The van der Waals surface area contributed by atoms with Gasteiger partial charge in [-0.15, -0.1) is 0 Å². The Morgan fingerprint density at radius 2 is 1.96 bits per heavy atom. The monoisotopic (exact) mass is 384 g/mol. The van der Waals surface area contributed by atoms with Crippen LogP contribution in [0.1, 0.15) is 25.0 Å². The maximum Gasteiger partial charge on any atom is 0.191 e. The van der Waals surface area contributed by atoms with Crippen LogP contribution in [0.2, 0.25) is 0 Å². The number of ether oxygens (including phenoxy) is 2. The Balaban J connectivity index is 1.98. The van der Waals surface area contributed by atoms with E-state index in [4.69, 9.17) is 14.7 Å². The van der Waals surface area contributed by atoms with Gasteiger partial charge in [-0.3, -0.25) is 0 Å². The summed E-state index contributed by atoms with van der Waals surface area (Å²) in [5, 5.41) is 15.3. The van der Waals surface area contributed by atoms with Gasteiger partial charge in [-0.2, -0.15) is 5.26 Å². The van der Waals surface area contributed by atoms with Gasteiger partial charge in [-0.05, 0) is 44.2 Å². The third kappa shape index (κ3) is 6.16. The third-order valence-electron chi connectivity index (χ3n) is 3.88. The Kier molecular flexibility index (Phi) is 8.10. The van der Waals surface area contributed by atoms with Crippen molar-refractivity contribution < 1.29 is 13.9 Å². The fraction of sp³-hybridized carbons (Fsp3) is 0.333. The van der Waals surface area contributed by atoms with Crippen LogP contribution in [-0.2, 0) is 6.54 Å². The molecule has 0 aliphatic carbocycles. The third-order valence-corrected chi connectivity index (χ3v) is 3.88. The topological polar surface area (TPSA) is 78.7 Å². The van der Waals surface area contributed by atoms with Gasteiger partial charge in [0.1, 0.15) is 11.9 Å². The molecule has 2 aromatic rings. The molecule has 0 aromatic heterocycles. The molecule has 0 amide bonds. The summed E-state index contributed by atoms with van der Waals surface area (Å²) < 4.78 is 25.1. The molecule has 1 atom stereocenters. The second-order valence-electron chi connectivity index (χ2n) is 6.07. The molecule has 2 aromatic carbocycles. The summed E-state index contributed by atoms with van der Waals surface area (Å²) in [5.41, 5.74) is 0.776. The van der Waals surface area contributed by atoms with Crippen molar-refractivity contribution in [2.75, 3.05) is 20.2 Å².